The highest BCUT2D eigenvalue weighted by molar-refractivity contribution is 9.09. The fourth-order valence-electron chi connectivity index (χ4n) is 0.889. The molecule has 0 aliphatic heterocycles. The van der Waals surface area contributed by atoms with E-state index in [1.54, 1.807) is 0 Å². The second kappa shape index (κ2) is 5.32. The summed E-state index contributed by atoms with van der Waals surface area (Å²) in [7, 11) is 0. The summed E-state index contributed by atoms with van der Waals surface area (Å²) in [4.78, 5) is 11.2. The molecule has 1 aromatic carbocycles. The van der Waals surface area contributed by atoms with Gasteiger partial charge in [0, 0.05) is 11.8 Å². The van der Waals surface area contributed by atoms with Gasteiger partial charge in [-0.2, -0.15) is 0 Å². The standard InChI is InChI=1S/C9H8BrClFNO/c10-4-3-9(14)13-8-2-1-6(12)5-7(8)11/h1-2,5H,3-4H2,(H,13,14). The molecule has 0 radical (unpaired) electrons. The predicted molar refractivity (Wildman–Crippen MR) is 58.5 cm³/mol. The molecule has 5 heteroatoms. The van der Waals surface area contributed by atoms with Crippen LogP contribution in [-0.2, 0) is 4.79 Å². The molecule has 76 valence electrons. The van der Waals surface area contributed by atoms with Crippen LogP contribution < -0.4 is 5.32 Å². The Labute approximate surface area is 94.6 Å². The summed E-state index contributed by atoms with van der Waals surface area (Å²) in [5.41, 5.74) is 0.430. The van der Waals surface area contributed by atoms with Gasteiger partial charge in [0.25, 0.3) is 0 Å². The van der Waals surface area contributed by atoms with Crippen molar-refractivity contribution in [3.8, 4) is 0 Å². The topological polar surface area (TPSA) is 29.1 Å². The van der Waals surface area contributed by atoms with Crippen molar-refractivity contribution < 1.29 is 9.18 Å². The lowest BCUT2D eigenvalue weighted by molar-refractivity contribution is -0.115. The van der Waals surface area contributed by atoms with E-state index in [1.165, 1.54) is 12.1 Å². The Balaban J connectivity index is 2.72. The van der Waals surface area contributed by atoms with E-state index in [2.05, 4.69) is 21.2 Å². The molecule has 2 nitrogen and oxygen atoms in total. The molecule has 0 aliphatic rings. The zero-order valence-electron chi connectivity index (χ0n) is 7.19. The number of rotatable bonds is 3. The number of carbonyl (C=O) groups is 1. The average Bonchev–Trinajstić information content (AvgIpc) is 2.10. The first-order valence-electron chi connectivity index (χ1n) is 3.94. The lowest BCUT2D eigenvalue weighted by Crippen LogP contribution is -2.11. The summed E-state index contributed by atoms with van der Waals surface area (Å²) in [5, 5.41) is 3.35. The summed E-state index contributed by atoms with van der Waals surface area (Å²) < 4.78 is 12.6. The van der Waals surface area contributed by atoms with Crippen LogP contribution in [0.3, 0.4) is 0 Å². The third-order valence-corrected chi connectivity index (χ3v) is 2.24. The van der Waals surface area contributed by atoms with Crippen molar-refractivity contribution >= 4 is 39.1 Å². The molecule has 0 atom stereocenters. The normalized spacial score (nSPS) is 9.93. The van der Waals surface area contributed by atoms with E-state index in [1.807, 2.05) is 0 Å². The van der Waals surface area contributed by atoms with Crippen LogP contribution >= 0.6 is 27.5 Å². The quantitative estimate of drug-likeness (QED) is 0.847. The first-order chi connectivity index (χ1) is 6.63. The van der Waals surface area contributed by atoms with Crippen LogP contribution in [0.25, 0.3) is 0 Å². The summed E-state index contributed by atoms with van der Waals surface area (Å²) in [6, 6.07) is 3.84. The fourth-order valence-corrected chi connectivity index (χ4v) is 1.46. The number of hydrogen-bond acceptors (Lipinski definition) is 1. The molecule has 14 heavy (non-hydrogen) atoms. The van der Waals surface area contributed by atoms with Gasteiger partial charge in [-0.3, -0.25) is 4.79 Å². The van der Waals surface area contributed by atoms with Crippen molar-refractivity contribution in [2.24, 2.45) is 0 Å². The Morgan fingerprint density at radius 2 is 2.29 bits per heavy atom. The number of carbonyl (C=O) groups excluding carboxylic acids is 1. The second-order valence-corrected chi connectivity index (χ2v) is 3.81. The van der Waals surface area contributed by atoms with E-state index in [9.17, 15) is 9.18 Å². The SMILES string of the molecule is O=C(CCBr)Nc1ccc(F)cc1Cl. The van der Waals surface area contributed by atoms with Gasteiger partial charge in [0.05, 0.1) is 10.7 Å². The maximum atomic E-state index is 12.6. The molecule has 0 fully saturated rings. The summed E-state index contributed by atoms with van der Waals surface area (Å²) >= 11 is 8.85. The van der Waals surface area contributed by atoms with E-state index in [0.29, 0.717) is 17.4 Å². The molecule has 1 rings (SSSR count). The Kier molecular flexibility index (Phi) is 4.35. The molecule has 0 saturated carbocycles. The number of nitrogens with one attached hydrogen (secondary N) is 1. The van der Waals surface area contributed by atoms with E-state index < -0.39 is 5.82 Å². The van der Waals surface area contributed by atoms with Gasteiger partial charge in [0.2, 0.25) is 5.91 Å². The van der Waals surface area contributed by atoms with Crippen LogP contribution in [-0.4, -0.2) is 11.2 Å². The number of alkyl halides is 1. The zero-order valence-corrected chi connectivity index (χ0v) is 9.53. The molecule has 1 N–H and O–H groups in total. The van der Waals surface area contributed by atoms with Gasteiger partial charge < -0.3 is 5.32 Å². The smallest absolute Gasteiger partial charge is 0.225 e. The second-order valence-electron chi connectivity index (χ2n) is 2.61. The molecule has 0 spiro atoms. The maximum absolute atomic E-state index is 12.6. The lowest BCUT2D eigenvalue weighted by Gasteiger charge is -2.05. The van der Waals surface area contributed by atoms with Crippen molar-refractivity contribution in [1.82, 2.24) is 0 Å². The Morgan fingerprint density at radius 1 is 1.57 bits per heavy atom. The third kappa shape index (κ3) is 3.27. The highest BCUT2D eigenvalue weighted by atomic mass is 79.9. The molecule has 0 bridgehead atoms. The first kappa shape index (κ1) is 11.5. The van der Waals surface area contributed by atoms with E-state index in [0.717, 1.165) is 6.07 Å². The monoisotopic (exact) mass is 279 g/mol. The molecular weight excluding hydrogens is 272 g/mol. The molecular formula is C9H8BrClFNO. The fraction of sp³-hybridized carbons (Fsp3) is 0.222. The largest absolute Gasteiger partial charge is 0.325 e. The minimum Gasteiger partial charge on any atom is -0.325 e. The first-order valence-corrected chi connectivity index (χ1v) is 5.44. The highest BCUT2D eigenvalue weighted by Crippen LogP contribution is 2.22. The van der Waals surface area contributed by atoms with Crippen molar-refractivity contribution in [2.75, 3.05) is 10.6 Å². The molecule has 1 aromatic rings. The summed E-state index contributed by atoms with van der Waals surface area (Å²) in [5.74, 6) is -0.580. The molecule has 1 amide bonds. The molecule has 0 aliphatic carbocycles. The number of anilines is 1. The van der Waals surface area contributed by atoms with E-state index >= 15 is 0 Å². The van der Waals surface area contributed by atoms with E-state index in [4.69, 9.17) is 11.6 Å². The molecule has 0 unspecified atom stereocenters. The van der Waals surface area contributed by atoms with Gasteiger partial charge in [-0.25, -0.2) is 4.39 Å². The van der Waals surface area contributed by atoms with Crippen LogP contribution in [0, 0.1) is 5.82 Å². The average molecular weight is 281 g/mol. The Bertz CT molecular complexity index is 346. The van der Waals surface area contributed by atoms with Crippen molar-refractivity contribution in [1.29, 1.82) is 0 Å². The number of hydrogen-bond donors (Lipinski definition) is 1. The third-order valence-electron chi connectivity index (χ3n) is 1.53. The van der Waals surface area contributed by atoms with Crippen LogP contribution in [0.15, 0.2) is 18.2 Å². The summed E-state index contributed by atoms with van der Waals surface area (Å²) in [6.45, 7) is 0. The Morgan fingerprint density at radius 3 is 2.86 bits per heavy atom. The molecule has 0 heterocycles. The van der Waals surface area contributed by atoms with Gasteiger partial charge in [-0.15, -0.1) is 0 Å². The highest BCUT2D eigenvalue weighted by Gasteiger charge is 2.05. The van der Waals surface area contributed by atoms with Crippen LogP contribution in [0.5, 0.6) is 0 Å². The zero-order chi connectivity index (χ0) is 10.6. The van der Waals surface area contributed by atoms with Crippen molar-refractivity contribution in [3.05, 3.63) is 29.0 Å². The predicted octanol–water partition coefficient (Wildman–Crippen LogP) is 3.20. The van der Waals surface area contributed by atoms with Gasteiger partial charge in [0.15, 0.2) is 0 Å². The van der Waals surface area contributed by atoms with Crippen LogP contribution in [0.4, 0.5) is 10.1 Å². The molecule has 0 saturated heterocycles. The van der Waals surface area contributed by atoms with Crippen molar-refractivity contribution in [3.63, 3.8) is 0 Å². The van der Waals surface area contributed by atoms with Gasteiger partial charge >= 0.3 is 0 Å². The number of halogens is 3. The van der Waals surface area contributed by atoms with Gasteiger partial charge in [-0.1, -0.05) is 27.5 Å². The van der Waals surface area contributed by atoms with Crippen molar-refractivity contribution in [2.45, 2.75) is 6.42 Å². The number of amides is 1. The van der Waals surface area contributed by atoms with Gasteiger partial charge in [0.1, 0.15) is 5.82 Å². The summed E-state index contributed by atoms with van der Waals surface area (Å²) in [6.07, 6.45) is 0.355. The van der Waals surface area contributed by atoms with Gasteiger partial charge in [-0.05, 0) is 18.2 Å². The maximum Gasteiger partial charge on any atom is 0.225 e. The minimum atomic E-state index is -0.423. The van der Waals surface area contributed by atoms with Crippen LogP contribution in [0.1, 0.15) is 6.42 Å². The number of benzene rings is 1. The molecule has 0 aromatic heterocycles. The lowest BCUT2D eigenvalue weighted by atomic mass is 10.3. The van der Waals surface area contributed by atoms with E-state index in [-0.39, 0.29) is 10.9 Å². The minimum absolute atomic E-state index is 0.157. The van der Waals surface area contributed by atoms with Crippen LogP contribution in [0.2, 0.25) is 5.02 Å². The Hall–Kier alpha value is -0.610.